The molecule has 0 spiro atoms. The Balaban J connectivity index is 1.24. The average molecular weight is 700 g/mol. The summed E-state index contributed by atoms with van der Waals surface area (Å²) >= 11 is 0. The lowest BCUT2D eigenvalue weighted by molar-refractivity contribution is 0.666. The van der Waals surface area contributed by atoms with Crippen molar-refractivity contribution in [1.29, 1.82) is 0 Å². The van der Waals surface area contributed by atoms with Crippen molar-refractivity contribution in [2.75, 3.05) is 0 Å². The van der Waals surface area contributed by atoms with Gasteiger partial charge in [-0.1, -0.05) is 126 Å². The van der Waals surface area contributed by atoms with E-state index >= 15 is 0 Å². The molecule has 5 nitrogen and oxygen atoms in total. The number of aromatic nitrogens is 4. The molecule has 0 atom stereocenters. The molecule has 0 N–H and O–H groups in total. The van der Waals surface area contributed by atoms with E-state index in [4.69, 9.17) is 19.4 Å². The zero-order chi connectivity index (χ0) is 37.4. The highest BCUT2D eigenvalue weighted by atomic mass is 16.3. The van der Waals surface area contributed by atoms with Gasteiger partial charge in [-0.3, -0.25) is 0 Å². The topological polar surface area (TPSA) is 56.7 Å². The molecule has 10 rings (SSSR count). The molecule has 0 amide bonds. The fraction of sp³-hybridized carbons (Fsp3) is 0. The van der Waals surface area contributed by atoms with Crippen LogP contribution in [0, 0.1) is 0 Å². The normalized spacial score (nSPS) is 11.6. The molecule has 0 fully saturated rings. The van der Waals surface area contributed by atoms with E-state index in [2.05, 4.69) is 153 Å². The summed E-state index contributed by atoms with van der Waals surface area (Å²) in [7, 11) is 10.9. The van der Waals surface area contributed by atoms with E-state index in [0.29, 0.717) is 17.5 Å². The molecule has 0 saturated heterocycles. The minimum absolute atomic E-state index is 0.613. The number of fused-ring (bicyclic) bond motifs is 6. The molecular weight excluding hydrogens is 667 g/mol. The molecule has 254 valence electrons. The highest BCUT2D eigenvalue weighted by Gasteiger charge is 2.23. The standard InChI is InChI=1S/C45H33B5N4O/c46-37-36(38(47)40(49)41(50)39(37)48)45-52-43(25-13-5-2-6-14-25)51-44(53-45)30-17-10-20-34-35(30)29-16-9-19-32(42(29)55-34)54-31-18-8-7-15-27(31)28-22-21-26(23-33(28)54)24-11-3-1-4-12-24/h1-23H,46-50H2. The van der Waals surface area contributed by atoms with Crippen LogP contribution in [0.3, 0.4) is 0 Å². The highest BCUT2D eigenvalue weighted by molar-refractivity contribution is 6.68. The third-order valence-corrected chi connectivity index (χ3v) is 11.7. The Hall–Kier alpha value is -6.53. The molecule has 10 aromatic rings. The molecule has 55 heavy (non-hydrogen) atoms. The van der Waals surface area contributed by atoms with E-state index in [1.807, 2.05) is 30.3 Å². The van der Waals surface area contributed by atoms with Gasteiger partial charge in [-0.15, -0.1) is 16.4 Å². The molecule has 3 heterocycles. The van der Waals surface area contributed by atoms with Crippen LogP contribution in [0.1, 0.15) is 0 Å². The van der Waals surface area contributed by atoms with E-state index in [1.165, 1.54) is 49.2 Å². The van der Waals surface area contributed by atoms with Crippen molar-refractivity contribution in [2.24, 2.45) is 0 Å². The van der Waals surface area contributed by atoms with Gasteiger partial charge in [0.2, 0.25) is 0 Å². The first-order valence-corrected chi connectivity index (χ1v) is 18.8. The molecule has 0 aliphatic heterocycles. The minimum Gasteiger partial charge on any atom is -0.454 e. The maximum Gasteiger partial charge on any atom is 0.164 e. The second-order valence-corrected chi connectivity index (χ2v) is 14.6. The summed E-state index contributed by atoms with van der Waals surface area (Å²) in [4.78, 5) is 15.6. The lowest BCUT2D eigenvalue weighted by Gasteiger charge is -2.20. The van der Waals surface area contributed by atoms with Gasteiger partial charge >= 0.3 is 0 Å². The molecule has 0 aliphatic rings. The second-order valence-electron chi connectivity index (χ2n) is 14.6. The van der Waals surface area contributed by atoms with Gasteiger partial charge < -0.3 is 8.98 Å². The number of furan rings is 1. The van der Waals surface area contributed by atoms with Crippen LogP contribution < -0.4 is 27.3 Å². The van der Waals surface area contributed by atoms with Crippen LogP contribution in [0.25, 0.3) is 94.7 Å². The first-order chi connectivity index (χ1) is 26.9. The fourth-order valence-corrected chi connectivity index (χ4v) is 8.40. The lowest BCUT2D eigenvalue weighted by atomic mass is 9.60. The molecule has 7 aromatic carbocycles. The van der Waals surface area contributed by atoms with E-state index in [0.717, 1.165) is 55.3 Å². The second kappa shape index (κ2) is 12.8. The number of nitrogens with zero attached hydrogens (tertiary/aromatic N) is 4. The summed E-state index contributed by atoms with van der Waals surface area (Å²) in [5.41, 5.74) is 16.3. The predicted octanol–water partition coefficient (Wildman–Crippen LogP) is 2.83. The smallest absolute Gasteiger partial charge is 0.164 e. The van der Waals surface area contributed by atoms with Gasteiger partial charge in [0.05, 0.1) is 16.7 Å². The third-order valence-electron chi connectivity index (χ3n) is 11.7. The number of para-hydroxylation sites is 2. The van der Waals surface area contributed by atoms with E-state index in [1.54, 1.807) is 0 Å². The number of hydrogen-bond acceptors (Lipinski definition) is 4. The number of rotatable bonds is 5. The first kappa shape index (κ1) is 33.1. The minimum atomic E-state index is 0.613. The summed E-state index contributed by atoms with van der Waals surface area (Å²) in [6.07, 6.45) is 0. The number of hydrogen-bond donors (Lipinski definition) is 0. The molecule has 0 bridgehead atoms. The summed E-state index contributed by atoms with van der Waals surface area (Å²) in [6.45, 7) is 0. The highest BCUT2D eigenvalue weighted by Crippen LogP contribution is 2.41. The van der Waals surface area contributed by atoms with Gasteiger partial charge in [0.25, 0.3) is 0 Å². The Morgan fingerprint density at radius 3 is 1.80 bits per heavy atom. The van der Waals surface area contributed by atoms with Crippen molar-refractivity contribution in [3.63, 3.8) is 0 Å². The molecule has 0 radical (unpaired) electrons. The Morgan fingerprint density at radius 1 is 0.436 bits per heavy atom. The van der Waals surface area contributed by atoms with Crippen molar-refractivity contribution in [3.05, 3.63) is 140 Å². The largest absolute Gasteiger partial charge is 0.454 e. The zero-order valence-electron chi connectivity index (χ0n) is 31.5. The van der Waals surface area contributed by atoms with Crippen LogP contribution in [0.4, 0.5) is 0 Å². The predicted molar refractivity (Wildman–Crippen MR) is 244 cm³/mol. The Kier molecular flexibility index (Phi) is 7.70. The summed E-state index contributed by atoms with van der Waals surface area (Å²) in [6, 6.07) is 48.8. The summed E-state index contributed by atoms with van der Waals surface area (Å²) in [5, 5.41) is 4.38. The van der Waals surface area contributed by atoms with Gasteiger partial charge in [-0.25, -0.2) is 15.0 Å². The van der Waals surface area contributed by atoms with Gasteiger partial charge in [-0.05, 0) is 35.4 Å². The summed E-state index contributed by atoms with van der Waals surface area (Å²) in [5.74, 6) is 1.93. The van der Waals surface area contributed by atoms with E-state index in [-0.39, 0.29) is 0 Å². The van der Waals surface area contributed by atoms with Crippen LogP contribution in [0.2, 0.25) is 0 Å². The molecule has 3 aromatic heterocycles. The van der Waals surface area contributed by atoms with Crippen molar-refractivity contribution in [1.82, 2.24) is 19.5 Å². The Labute approximate surface area is 323 Å². The van der Waals surface area contributed by atoms with Crippen LogP contribution in [-0.4, -0.2) is 58.8 Å². The van der Waals surface area contributed by atoms with Crippen molar-refractivity contribution in [3.8, 4) is 51.0 Å². The van der Waals surface area contributed by atoms with Crippen LogP contribution in [0.15, 0.2) is 144 Å². The van der Waals surface area contributed by atoms with Gasteiger partial charge in [0, 0.05) is 38.2 Å². The molecule has 0 unspecified atom stereocenters. The van der Waals surface area contributed by atoms with Crippen LogP contribution in [-0.2, 0) is 0 Å². The van der Waals surface area contributed by atoms with Crippen molar-refractivity contribution in [2.45, 2.75) is 0 Å². The zero-order valence-corrected chi connectivity index (χ0v) is 31.5. The summed E-state index contributed by atoms with van der Waals surface area (Å²) < 4.78 is 9.25. The van der Waals surface area contributed by atoms with Crippen molar-refractivity contribution >= 4 is 110 Å². The molecule has 10 heteroatoms. The lowest BCUT2D eigenvalue weighted by Crippen LogP contribution is -2.55. The number of benzene rings is 7. The quantitative estimate of drug-likeness (QED) is 0.260. The van der Waals surface area contributed by atoms with Gasteiger partial charge in [0.15, 0.2) is 23.1 Å². The maximum absolute atomic E-state index is 6.90. The maximum atomic E-state index is 6.90. The van der Waals surface area contributed by atoms with E-state index in [9.17, 15) is 0 Å². The Morgan fingerprint density at radius 2 is 1.04 bits per heavy atom. The van der Waals surface area contributed by atoms with E-state index < -0.39 is 0 Å². The van der Waals surface area contributed by atoms with Gasteiger partial charge in [-0.2, -0.15) is 0 Å². The average Bonchev–Trinajstić information content (AvgIpc) is 3.78. The fourth-order valence-electron chi connectivity index (χ4n) is 8.40. The Bertz CT molecular complexity index is 3130. The molecule has 0 aliphatic carbocycles. The van der Waals surface area contributed by atoms with Gasteiger partial charge in [0.1, 0.15) is 44.8 Å². The van der Waals surface area contributed by atoms with Crippen LogP contribution >= 0.6 is 0 Å². The van der Waals surface area contributed by atoms with Crippen molar-refractivity contribution < 1.29 is 4.42 Å². The third kappa shape index (κ3) is 5.19. The molecule has 0 saturated carbocycles. The van der Waals surface area contributed by atoms with Crippen LogP contribution in [0.5, 0.6) is 0 Å². The first-order valence-electron chi connectivity index (χ1n) is 18.8. The molecular formula is C45H33B5N4O. The SMILES string of the molecule is Bc1c(B)c(B)c(-c2nc(-c3ccccc3)nc(-c3cccc4oc5c(-n6c7ccccc7c7ccc(-c8ccccc8)cc76)cccc5c34)n2)c(B)c1B. The monoisotopic (exact) mass is 700 g/mol.